The summed E-state index contributed by atoms with van der Waals surface area (Å²) in [5, 5.41) is 0. The number of hydrogen-bond acceptors (Lipinski definition) is 4. The molecule has 3 atom stereocenters. The highest BCUT2D eigenvalue weighted by Gasteiger charge is 2.45. The van der Waals surface area contributed by atoms with Crippen molar-refractivity contribution in [2.75, 3.05) is 45.8 Å². The lowest BCUT2D eigenvalue weighted by Crippen LogP contribution is -2.63. The van der Waals surface area contributed by atoms with E-state index in [1.54, 1.807) is 12.4 Å². The molecule has 5 heterocycles. The molecule has 0 spiro atoms. The lowest BCUT2D eigenvalue weighted by molar-refractivity contribution is -0.144. The molecule has 8 heteroatoms. The van der Waals surface area contributed by atoms with Gasteiger partial charge >= 0.3 is 6.03 Å². The highest BCUT2D eigenvalue weighted by Crippen LogP contribution is 2.38. The first-order chi connectivity index (χ1) is 15.0. The molecule has 4 saturated heterocycles. The number of aryl methyl sites for hydroxylation is 1. The molecule has 4 aliphatic rings. The Balaban J connectivity index is 1.19. The van der Waals surface area contributed by atoms with Crippen molar-refractivity contribution >= 4 is 17.8 Å². The van der Waals surface area contributed by atoms with E-state index in [0.29, 0.717) is 61.9 Å². The SMILES string of the molecule is Cc1ccncc1C(=O)N1CCN(C(=O)N2CC3CC(C2)[C@H]2CCCC(=O)N2C3)CC1. The van der Waals surface area contributed by atoms with E-state index in [9.17, 15) is 14.4 Å². The van der Waals surface area contributed by atoms with Crippen molar-refractivity contribution < 1.29 is 14.4 Å². The standard InChI is InChI=1S/C23H31N5O3/c1-16-5-6-24-12-19(16)22(30)25-7-9-26(10-8-25)23(31)27-13-17-11-18(15-27)20-3-2-4-21(29)28(20)14-17/h5-6,12,17-18,20H,2-4,7-11,13-15H2,1H3/t17?,18?,20-/m1/s1. The summed E-state index contributed by atoms with van der Waals surface area (Å²) in [4.78, 5) is 50.4. The number of amides is 4. The maximum absolute atomic E-state index is 13.3. The van der Waals surface area contributed by atoms with E-state index in [-0.39, 0.29) is 11.9 Å². The van der Waals surface area contributed by atoms with Gasteiger partial charge in [-0.15, -0.1) is 0 Å². The Morgan fingerprint density at radius 2 is 1.81 bits per heavy atom. The maximum Gasteiger partial charge on any atom is 0.320 e. The number of piperidine rings is 3. The Morgan fingerprint density at radius 3 is 2.58 bits per heavy atom. The Kier molecular flexibility index (Phi) is 5.32. The average Bonchev–Trinajstić information content (AvgIpc) is 2.79. The van der Waals surface area contributed by atoms with Crippen LogP contribution >= 0.6 is 0 Å². The molecule has 1 aromatic heterocycles. The second-order valence-electron chi connectivity index (χ2n) is 9.52. The number of hydrogen-bond donors (Lipinski definition) is 0. The van der Waals surface area contributed by atoms with Gasteiger partial charge in [-0.25, -0.2) is 4.79 Å². The second-order valence-corrected chi connectivity index (χ2v) is 9.52. The van der Waals surface area contributed by atoms with Crippen LogP contribution in [-0.4, -0.2) is 94.3 Å². The molecule has 0 radical (unpaired) electrons. The molecule has 4 amide bonds. The molecule has 2 unspecified atom stereocenters. The molecule has 4 fully saturated rings. The zero-order valence-corrected chi connectivity index (χ0v) is 18.2. The van der Waals surface area contributed by atoms with Crippen molar-refractivity contribution in [3.8, 4) is 0 Å². The largest absolute Gasteiger partial charge is 0.339 e. The van der Waals surface area contributed by atoms with Crippen LogP contribution in [0.25, 0.3) is 0 Å². The topological polar surface area (TPSA) is 77.1 Å². The molecule has 4 aliphatic heterocycles. The van der Waals surface area contributed by atoms with E-state index in [0.717, 1.165) is 44.5 Å². The van der Waals surface area contributed by atoms with Gasteiger partial charge in [0.15, 0.2) is 0 Å². The van der Waals surface area contributed by atoms with Gasteiger partial charge in [-0.2, -0.15) is 0 Å². The van der Waals surface area contributed by atoms with Crippen molar-refractivity contribution in [3.05, 3.63) is 29.6 Å². The predicted octanol–water partition coefficient (Wildman–Crippen LogP) is 1.60. The summed E-state index contributed by atoms with van der Waals surface area (Å²) >= 11 is 0. The molecule has 0 aromatic carbocycles. The Morgan fingerprint density at radius 1 is 1.03 bits per heavy atom. The van der Waals surface area contributed by atoms with Gasteiger partial charge in [-0.3, -0.25) is 14.6 Å². The first kappa shape index (κ1) is 20.3. The molecule has 0 N–H and O–H groups in total. The summed E-state index contributed by atoms with van der Waals surface area (Å²) in [5.41, 5.74) is 1.56. The number of carbonyl (C=O) groups excluding carboxylic acids is 3. The van der Waals surface area contributed by atoms with Crippen LogP contribution in [0, 0.1) is 18.8 Å². The van der Waals surface area contributed by atoms with Gasteiger partial charge in [0, 0.05) is 70.7 Å². The Hall–Kier alpha value is -2.64. The Bertz CT molecular complexity index is 882. The molecular weight excluding hydrogens is 394 g/mol. The van der Waals surface area contributed by atoms with Crippen LogP contribution in [0.4, 0.5) is 4.79 Å². The third kappa shape index (κ3) is 3.77. The van der Waals surface area contributed by atoms with Crippen LogP contribution in [0.3, 0.4) is 0 Å². The molecule has 1 aromatic rings. The fourth-order valence-corrected chi connectivity index (χ4v) is 5.93. The van der Waals surface area contributed by atoms with Gasteiger partial charge in [0.25, 0.3) is 5.91 Å². The van der Waals surface area contributed by atoms with Crippen molar-refractivity contribution in [3.63, 3.8) is 0 Å². The first-order valence-corrected chi connectivity index (χ1v) is 11.5. The van der Waals surface area contributed by atoms with E-state index in [1.807, 2.05) is 27.7 Å². The van der Waals surface area contributed by atoms with Gasteiger partial charge < -0.3 is 19.6 Å². The van der Waals surface area contributed by atoms with E-state index in [4.69, 9.17) is 0 Å². The summed E-state index contributed by atoms with van der Waals surface area (Å²) in [6.07, 6.45) is 7.17. The van der Waals surface area contributed by atoms with Gasteiger partial charge in [0.05, 0.1) is 5.56 Å². The normalized spacial score (nSPS) is 28.4. The van der Waals surface area contributed by atoms with Crippen LogP contribution < -0.4 is 0 Å². The fraction of sp³-hybridized carbons (Fsp3) is 0.652. The summed E-state index contributed by atoms with van der Waals surface area (Å²) in [7, 11) is 0. The molecule has 5 rings (SSSR count). The summed E-state index contributed by atoms with van der Waals surface area (Å²) in [6, 6.07) is 2.25. The number of carbonyl (C=O) groups is 3. The minimum atomic E-state index is -0.00717. The summed E-state index contributed by atoms with van der Waals surface area (Å²) in [5.74, 6) is 1.08. The molecule has 0 saturated carbocycles. The smallest absolute Gasteiger partial charge is 0.320 e. The number of urea groups is 1. The second kappa shape index (κ2) is 8.13. The van der Waals surface area contributed by atoms with E-state index in [1.165, 1.54) is 0 Å². The fourth-order valence-electron chi connectivity index (χ4n) is 5.93. The lowest BCUT2D eigenvalue weighted by atomic mass is 9.76. The van der Waals surface area contributed by atoms with Crippen molar-refractivity contribution in [1.82, 2.24) is 24.6 Å². The minimum Gasteiger partial charge on any atom is -0.339 e. The molecule has 0 aliphatic carbocycles. The molecule has 166 valence electrons. The monoisotopic (exact) mass is 425 g/mol. The summed E-state index contributed by atoms with van der Waals surface area (Å²) < 4.78 is 0. The third-order valence-corrected chi connectivity index (χ3v) is 7.56. The van der Waals surface area contributed by atoms with Crippen LogP contribution in [-0.2, 0) is 4.79 Å². The van der Waals surface area contributed by atoms with Crippen LogP contribution in [0.2, 0.25) is 0 Å². The van der Waals surface area contributed by atoms with Crippen molar-refractivity contribution in [1.29, 1.82) is 0 Å². The molecule has 31 heavy (non-hydrogen) atoms. The number of rotatable bonds is 1. The number of nitrogens with zero attached hydrogens (tertiary/aromatic N) is 5. The van der Waals surface area contributed by atoms with E-state index < -0.39 is 0 Å². The Labute approximate surface area is 183 Å². The highest BCUT2D eigenvalue weighted by atomic mass is 16.2. The quantitative estimate of drug-likeness (QED) is 0.685. The number of likely N-dealkylation sites (tertiary alicyclic amines) is 1. The van der Waals surface area contributed by atoms with Crippen LogP contribution in [0.1, 0.15) is 41.6 Å². The molecular formula is C23H31N5O3. The number of piperazine rings is 1. The highest BCUT2D eigenvalue weighted by molar-refractivity contribution is 5.95. The molecule has 8 nitrogen and oxygen atoms in total. The van der Waals surface area contributed by atoms with E-state index in [2.05, 4.69) is 9.88 Å². The van der Waals surface area contributed by atoms with Crippen molar-refractivity contribution in [2.24, 2.45) is 11.8 Å². The number of pyridine rings is 1. The van der Waals surface area contributed by atoms with Gasteiger partial charge in [-0.1, -0.05) is 0 Å². The first-order valence-electron chi connectivity index (χ1n) is 11.5. The number of aromatic nitrogens is 1. The van der Waals surface area contributed by atoms with Crippen LogP contribution in [0.15, 0.2) is 18.5 Å². The van der Waals surface area contributed by atoms with Crippen molar-refractivity contribution in [2.45, 2.75) is 38.6 Å². The zero-order valence-electron chi connectivity index (χ0n) is 18.2. The van der Waals surface area contributed by atoms with Gasteiger partial charge in [-0.05, 0) is 49.7 Å². The maximum atomic E-state index is 13.3. The number of fused-ring (bicyclic) bond motifs is 4. The van der Waals surface area contributed by atoms with Crippen LogP contribution in [0.5, 0.6) is 0 Å². The zero-order chi connectivity index (χ0) is 21.5. The average molecular weight is 426 g/mol. The molecule has 2 bridgehead atoms. The van der Waals surface area contributed by atoms with E-state index >= 15 is 0 Å². The minimum absolute atomic E-state index is 0.00717. The third-order valence-electron chi connectivity index (χ3n) is 7.56. The summed E-state index contributed by atoms with van der Waals surface area (Å²) in [6.45, 7) is 6.42. The lowest BCUT2D eigenvalue weighted by Gasteiger charge is -2.53. The predicted molar refractivity (Wildman–Crippen MR) is 114 cm³/mol. The van der Waals surface area contributed by atoms with Gasteiger partial charge in [0.2, 0.25) is 5.91 Å². The van der Waals surface area contributed by atoms with Gasteiger partial charge in [0.1, 0.15) is 0 Å².